The molecule has 1 aliphatic rings. The highest BCUT2D eigenvalue weighted by molar-refractivity contribution is 14.1. The zero-order chi connectivity index (χ0) is 24.2. The van der Waals surface area contributed by atoms with Crippen molar-refractivity contribution in [3.63, 3.8) is 0 Å². The second kappa shape index (κ2) is 9.93. The van der Waals surface area contributed by atoms with Gasteiger partial charge in [-0.05, 0) is 76.2 Å². The first-order valence-corrected chi connectivity index (χ1v) is 11.0. The molecule has 2 N–H and O–H groups in total. The molecule has 1 fully saturated rings. The number of anilines is 1. The molecule has 2 heterocycles. The average molecular weight is 572 g/mol. The van der Waals surface area contributed by atoms with Gasteiger partial charge in [0, 0.05) is 26.4 Å². The number of ether oxygens (including phenoxy) is 1. The van der Waals surface area contributed by atoms with Gasteiger partial charge in [0.25, 0.3) is 5.91 Å². The van der Waals surface area contributed by atoms with Crippen LogP contribution in [0.25, 0.3) is 21.6 Å². The Kier molecular flexibility index (Phi) is 6.80. The summed E-state index contributed by atoms with van der Waals surface area (Å²) in [6.45, 7) is 0.0826. The fourth-order valence-corrected chi connectivity index (χ4v) is 4.01. The van der Waals surface area contributed by atoms with Crippen molar-refractivity contribution < 1.29 is 23.8 Å². The van der Waals surface area contributed by atoms with E-state index >= 15 is 0 Å². The quantitative estimate of drug-likeness (QED) is 0.187. The number of cyclic esters (lactones) is 1. The maximum atomic E-state index is 14.7. The number of phenolic OH excluding ortho intramolecular Hbond substituents is 1. The Hall–Kier alpha value is -3.90. The molecule has 34 heavy (non-hydrogen) atoms. The summed E-state index contributed by atoms with van der Waals surface area (Å²) in [6.07, 6.45) is 1.79. The SMILES string of the molecule is [N-]=[N+]=Nc1cc(O)c(C(=O)NC[C@H]2CN(c3ccc(-c4ccncc4)c(F)c3)C(=O)O2)cc1[125I]. The monoisotopic (exact) mass is 572 g/mol. The van der Waals surface area contributed by atoms with Crippen LogP contribution in [0.3, 0.4) is 0 Å². The molecule has 0 saturated carbocycles. The highest BCUT2D eigenvalue weighted by Crippen LogP contribution is 2.31. The summed E-state index contributed by atoms with van der Waals surface area (Å²) >= 11 is 1.88. The van der Waals surface area contributed by atoms with E-state index in [1.165, 1.54) is 23.1 Å². The maximum absolute atomic E-state index is 14.7. The van der Waals surface area contributed by atoms with Crippen molar-refractivity contribution in [2.45, 2.75) is 6.10 Å². The molecule has 0 spiro atoms. The van der Waals surface area contributed by atoms with E-state index in [2.05, 4.69) is 20.3 Å². The Morgan fingerprint density at radius 2 is 2.09 bits per heavy atom. The van der Waals surface area contributed by atoms with Crippen molar-refractivity contribution in [3.8, 4) is 16.9 Å². The van der Waals surface area contributed by atoms with Crippen LogP contribution in [-0.2, 0) is 4.74 Å². The van der Waals surface area contributed by atoms with Crippen molar-refractivity contribution in [2.24, 2.45) is 5.11 Å². The number of hydrogen-bond donors (Lipinski definition) is 2. The van der Waals surface area contributed by atoms with Gasteiger partial charge in [0.1, 0.15) is 17.7 Å². The summed E-state index contributed by atoms with van der Waals surface area (Å²) in [5.74, 6) is -1.44. The van der Waals surface area contributed by atoms with E-state index in [9.17, 15) is 19.1 Å². The minimum absolute atomic E-state index is 0.0174. The van der Waals surface area contributed by atoms with Gasteiger partial charge in [-0.1, -0.05) is 5.11 Å². The largest absolute Gasteiger partial charge is 0.507 e. The number of azide groups is 1. The fraction of sp³-hybridized carbons (Fsp3) is 0.136. The van der Waals surface area contributed by atoms with Crippen molar-refractivity contribution in [1.82, 2.24) is 10.3 Å². The molecule has 172 valence electrons. The van der Waals surface area contributed by atoms with E-state index in [4.69, 9.17) is 10.3 Å². The minimum atomic E-state index is -0.678. The smallest absolute Gasteiger partial charge is 0.414 e. The predicted molar refractivity (Wildman–Crippen MR) is 129 cm³/mol. The summed E-state index contributed by atoms with van der Waals surface area (Å²) in [5.41, 5.74) is 10.1. The van der Waals surface area contributed by atoms with Crippen LogP contribution in [0.1, 0.15) is 10.4 Å². The number of amides is 2. The van der Waals surface area contributed by atoms with Gasteiger partial charge >= 0.3 is 6.09 Å². The molecule has 12 heteroatoms. The molecule has 0 aliphatic carbocycles. The first-order chi connectivity index (χ1) is 16.4. The molecule has 1 aliphatic heterocycles. The van der Waals surface area contributed by atoms with Crippen LogP contribution in [0.2, 0.25) is 0 Å². The van der Waals surface area contributed by atoms with E-state index < -0.39 is 23.9 Å². The number of pyridine rings is 1. The number of hydrogen-bond acceptors (Lipinski definition) is 6. The number of aromatic nitrogens is 1. The highest BCUT2D eigenvalue weighted by Gasteiger charge is 2.33. The lowest BCUT2D eigenvalue weighted by Crippen LogP contribution is -2.34. The number of carbonyl (C=O) groups is 2. The van der Waals surface area contributed by atoms with Crippen LogP contribution < -0.4 is 10.2 Å². The second-order valence-corrected chi connectivity index (χ2v) is 8.40. The van der Waals surface area contributed by atoms with Crippen LogP contribution in [-0.4, -0.2) is 41.3 Å². The van der Waals surface area contributed by atoms with Crippen LogP contribution in [0.4, 0.5) is 20.6 Å². The summed E-state index contributed by atoms with van der Waals surface area (Å²) < 4.78 is 20.5. The predicted octanol–water partition coefficient (Wildman–Crippen LogP) is 4.89. The standard InChI is InChI=1S/C22H16FIN6O4/c23-17-7-13(1-2-15(17)12-3-5-26-6-4-12)30-11-14(34-22(30)33)10-27-21(32)16-8-18(24)19(28-29-25)9-20(16)31/h1-9,14,31H,10-11H2,(H,27,32)/t14-/m0/s1/i24-2. The summed E-state index contributed by atoms with van der Waals surface area (Å²) in [5, 5.41) is 16.1. The molecule has 4 rings (SSSR count). The van der Waals surface area contributed by atoms with Gasteiger partial charge in [0.2, 0.25) is 0 Å². The lowest BCUT2D eigenvalue weighted by atomic mass is 10.1. The third-order valence-corrected chi connectivity index (χ3v) is 5.95. The maximum Gasteiger partial charge on any atom is 0.414 e. The third-order valence-electron chi connectivity index (χ3n) is 5.08. The van der Waals surface area contributed by atoms with Gasteiger partial charge in [-0.25, -0.2) is 9.18 Å². The second-order valence-electron chi connectivity index (χ2n) is 7.24. The average Bonchev–Trinajstić information content (AvgIpc) is 3.20. The molecule has 0 bridgehead atoms. The van der Waals surface area contributed by atoms with E-state index in [-0.39, 0.29) is 30.1 Å². The van der Waals surface area contributed by atoms with Crippen molar-refractivity contribution in [1.29, 1.82) is 0 Å². The number of benzene rings is 2. The zero-order valence-electron chi connectivity index (χ0n) is 17.4. The Bertz CT molecular complexity index is 1320. The topological polar surface area (TPSA) is 141 Å². The highest BCUT2D eigenvalue weighted by atomic mass is 125. The van der Waals surface area contributed by atoms with Gasteiger partial charge < -0.3 is 15.2 Å². The molecular weight excluding hydrogens is 556 g/mol. The number of nitrogens with one attached hydrogen (secondary N) is 1. The van der Waals surface area contributed by atoms with Gasteiger partial charge in [-0.3, -0.25) is 14.7 Å². The fourth-order valence-electron chi connectivity index (χ4n) is 3.44. The molecule has 10 nitrogen and oxygen atoms in total. The molecule has 1 atom stereocenters. The van der Waals surface area contributed by atoms with Crippen LogP contribution in [0, 0.1) is 9.39 Å². The first kappa shape index (κ1) is 23.3. The number of rotatable bonds is 6. The number of nitrogens with zero attached hydrogens (tertiary/aromatic N) is 5. The van der Waals surface area contributed by atoms with Crippen LogP contribution in [0.5, 0.6) is 5.75 Å². The van der Waals surface area contributed by atoms with E-state index in [1.54, 1.807) is 36.7 Å². The van der Waals surface area contributed by atoms with Crippen molar-refractivity contribution in [2.75, 3.05) is 18.0 Å². The molecule has 3 aromatic rings. The molecule has 0 radical (unpaired) electrons. The summed E-state index contributed by atoms with van der Waals surface area (Å²) in [4.78, 5) is 32.7. The first-order valence-electron chi connectivity index (χ1n) is 9.91. The van der Waals surface area contributed by atoms with Gasteiger partial charge in [-0.2, -0.15) is 0 Å². The lowest BCUT2D eigenvalue weighted by molar-refractivity contribution is 0.0913. The van der Waals surface area contributed by atoms with Gasteiger partial charge in [0.05, 0.1) is 30.0 Å². The normalized spacial score (nSPS) is 14.9. The van der Waals surface area contributed by atoms with Gasteiger partial charge in [0.15, 0.2) is 0 Å². The van der Waals surface area contributed by atoms with E-state index in [0.29, 0.717) is 20.4 Å². The Morgan fingerprint density at radius 1 is 1.32 bits per heavy atom. The van der Waals surface area contributed by atoms with Gasteiger partial charge in [-0.15, -0.1) is 0 Å². The Balaban J connectivity index is 1.42. The molecule has 0 unspecified atom stereocenters. The molecule has 1 aromatic heterocycles. The third kappa shape index (κ3) is 4.87. The Labute approximate surface area is 206 Å². The van der Waals surface area contributed by atoms with Crippen molar-refractivity contribution in [3.05, 3.63) is 80.3 Å². The lowest BCUT2D eigenvalue weighted by Gasteiger charge is -2.15. The zero-order valence-corrected chi connectivity index (χ0v) is 19.5. The molecular formula is C22H16FIN6O4. The number of phenols is 1. The molecule has 2 aromatic carbocycles. The molecule has 1 saturated heterocycles. The summed E-state index contributed by atoms with van der Waals surface area (Å²) in [6, 6.07) is 10.4. The number of carbonyl (C=O) groups excluding carboxylic acids is 2. The van der Waals surface area contributed by atoms with E-state index in [1.807, 2.05) is 22.6 Å². The Morgan fingerprint density at radius 3 is 2.79 bits per heavy atom. The van der Waals surface area contributed by atoms with Crippen LogP contribution in [0.15, 0.2) is 60.0 Å². The molecule has 2 amide bonds. The number of halogens is 2. The van der Waals surface area contributed by atoms with E-state index in [0.717, 1.165) is 0 Å². The minimum Gasteiger partial charge on any atom is -0.507 e. The van der Waals surface area contributed by atoms with Crippen molar-refractivity contribution >= 4 is 46.0 Å². The van der Waals surface area contributed by atoms with Crippen LogP contribution >= 0.6 is 22.6 Å². The summed E-state index contributed by atoms with van der Waals surface area (Å²) in [7, 11) is 0. The number of aromatic hydroxyl groups is 1.